The molecule has 0 radical (unpaired) electrons. The van der Waals surface area contributed by atoms with Crippen molar-refractivity contribution in [2.75, 3.05) is 11.1 Å². The van der Waals surface area contributed by atoms with Crippen LogP contribution in [0.1, 0.15) is 23.6 Å². The molecule has 1 aromatic heterocycles. The van der Waals surface area contributed by atoms with Gasteiger partial charge in [0.05, 0.1) is 21.6 Å². The van der Waals surface area contributed by atoms with Gasteiger partial charge < -0.3 is 5.32 Å². The summed E-state index contributed by atoms with van der Waals surface area (Å²) in [6.07, 6.45) is 1.65. The smallest absolute Gasteiger partial charge is 0.235 e. The second-order valence-electron chi connectivity index (χ2n) is 8.61. The number of fused-ring (bicyclic) bond motifs is 1. The van der Waals surface area contributed by atoms with Crippen molar-refractivity contribution in [3.63, 3.8) is 0 Å². The van der Waals surface area contributed by atoms with E-state index in [2.05, 4.69) is 10.3 Å². The first-order valence-electron chi connectivity index (χ1n) is 10.7. The minimum atomic E-state index is -3.78. The molecular weight excluding hydrogens is 432 g/mol. The van der Waals surface area contributed by atoms with E-state index in [9.17, 15) is 13.2 Å². The second-order valence-corrected chi connectivity index (χ2v) is 10.6. The molecule has 1 amide bonds. The topological polar surface area (TPSA) is 76.1 Å². The summed E-state index contributed by atoms with van der Waals surface area (Å²) in [7, 11) is -3.78. The van der Waals surface area contributed by atoms with Gasteiger partial charge in [0.15, 0.2) is 9.84 Å². The number of amides is 1. The fourth-order valence-corrected chi connectivity index (χ4v) is 5.69. The minimum absolute atomic E-state index is 0.190. The number of aromatic nitrogens is 1. The number of carbonyl (C=O) groups is 1. The van der Waals surface area contributed by atoms with Crippen LogP contribution in [0, 0.1) is 13.8 Å². The molecule has 0 fully saturated rings. The van der Waals surface area contributed by atoms with Gasteiger partial charge in [-0.25, -0.2) is 8.42 Å². The molecule has 0 spiro atoms. The van der Waals surface area contributed by atoms with Crippen LogP contribution in [0.4, 0.5) is 5.69 Å². The molecule has 0 aliphatic rings. The number of pyridine rings is 1. The van der Waals surface area contributed by atoms with E-state index in [1.54, 1.807) is 43.5 Å². The van der Waals surface area contributed by atoms with Crippen LogP contribution in [0.2, 0.25) is 0 Å². The van der Waals surface area contributed by atoms with Crippen LogP contribution in [0.5, 0.6) is 0 Å². The number of carbonyl (C=O) groups excluding carboxylic acids is 1. The third-order valence-corrected chi connectivity index (χ3v) is 7.84. The number of nitrogens with one attached hydrogen (secondary N) is 1. The molecule has 1 heterocycles. The van der Waals surface area contributed by atoms with Crippen molar-refractivity contribution in [3.05, 3.63) is 102 Å². The van der Waals surface area contributed by atoms with Crippen LogP contribution in [-0.2, 0) is 20.0 Å². The van der Waals surface area contributed by atoms with E-state index < -0.39 is 26.9 Å². The average Bonchev–Trinajstić information content (AvgIpc) is 2.80. The van der Waals surface area contributed by atoms with Gasteiger partial charge in [-0.15, -0.1) is 0 Å². The number of para-hydroxylation sites is 1. The van der Waals surface area contributed by atoms with Crippen molar-refractivity contribution in [2.24, 2.45) is 0 Å². The standard InChI is InChI=1S/C27H26N2O3S/c1-19-9-13-22(14-10-19)29-26(30)27(3,18-33(31,32)23-15-11-20(2)12-16-23)24-8-4-6-21-7-5-17-28-25(21)24/h4-17H,18H2,1-3H3,(H,29,30). The van der Waals surface area contributed by atoms with Gasteiger partial charge in [-0.05, 0) is 56.7 Å². The van der Waals surface area contributed by atoms with Crippen LogP contribution >= 0.6 is 0 Å². The normalized spacial score (nSPS) is 13.4. The highest BCUT2D eigenvalue weighted by Gasteiger charge is 2.42. The molecular formula is C27H26N2O3S. The third kappa shape index (κ3) is 4.66. The number of benzene rings is 3. The molecule has 1 N–H and O–H groups in total. The summed E-state index contributed by atoms with van der Waals surface area (Å²) in [6.45, 7) is 5.54. The van der Waals surface area contributed by atoms with Crippen LogP contribution < -0.4 is 5.32 Å². The lowest BCUT2D eigenvalue weighted by Gasteiger charge is -2.29. The number of anilines is 1. The number of hydrogen-bond donors (Lipinski definition) is 1. The Morgan fingerprint density at radius 1 is 0.879 bits per heavy atom. The lowest BCUT2D eigenvalue weighted by Crippen LogP contribution is -2.43. The second kappa shape index (κ2) is 8.79. The highest BCUT2D eigenvalue weighted by atomic mass is 32.2. The number of aryl methyl sites for hydroxylation is 2. The quantitative estimate of drug-likeness (QED) is 0.430. The molecule has 0 aliphatic heterocycles. The Bertz CT molecular complexity index is 1410. The van der Waals surface area contributed by atoms with Gasteiger partial charge in [0.1, 0.15) is 0 Å². The van der Waals surface area contributed by atoms with Crippen molar-refractivity contribution in [1.29, 1.82) is 0 Å². The number of nitrogens with zero attached hydrogens (tertiary/aromatic N) is 1. The minimum Gasteiger partial charge on any atom is -0.325 e. The molecule has 6 heteroatoms. The molecule has 4 aromatic rings. The fraction of sp³-hybridized carbons (Fsp3) is 0.185. The molecule has 3 aromatic carbocycles. The maximum Gasteiger partial charge on any atom is 0.235 e. The van der Waals surface area contributed by atoms with Crippen molar-refractivity contribution in [2.45, 2.75) is 31.1 Å². The molecule has 0 saturated carbocycles. The summed E-state index contributed by atoms with van der Waals surface area (Å²) in [5.74, 6) is -0.795. The summed E-state index contributed by atoms with van der Waals surface area (Å²) in [6, 6.07) is 23.3. The maximum atomic E-state index is 13.7. The zero-order chi connectivity index (χ0) is 23.6. The largest absolute Gasteiger partial charge is 0.325 e. The predicted molar refractivity (Wildman–Crippen MR) is 132 cm³/mol. The van der Waals surface area contributed by atoms with Gasteiger partial charge in [-0.1, -0.05) is 59.7 Å². The monoisotopic (exact) mass is 458 g/mol. The van der Waals surface area contributed by atoms with Crippen LogP contribution in [-0.4, -0.2) is 25.1 Å². The van der Waals surface area contributed by atoms with Gasteiger partial charge >= 0.3 is 0 Å². The Labute approximate surface area is 194 Å². The highest BCUT2D eigenvalue weighted by Crippen LogP contribution is 2.34. The Morgan fingerprint density at radius 2 is 1.48 bits per heavy atom. The van der Waals surface area contributed by atoms with Gasteiger partial charge in [0, 0.05) is 17.3 Å². The van der Waals surface area contributed by atoms with Gasteiger partial charge in [-0.2, -0.15) is 0 Å². The Hall–Kier alpha value is -3.51. The molecule has 33 heavy (non-hydrogen) atoms. The Kier molecular flexibility index (Phi) is 6.04. The van der Waals surface area contributed by atoms with Crippen molar-refractivity contribution >= 4 is 32.3 Å². The van der Waals surface area contributed by atoms with E-state index in [1.807, 2.05) is 62.4 Å². The summed E-state index contributed by atoms with van der Waals surface area (Å²) in [4.78, 5) is 18.4. The predicted octanol–water partition coefficient (Wildman–Crippen LogP) is 5.22. The molecule has 168 valence electrons. The summed E-state index contributed by atoms with van der Waals surface area (Å²) in [5, 5.41) is 3.77. The van der Waals surface area contributed by atoms with Crippen molar-refractivity contribution < 1.29 is 13.2 Å². The van der Waals surface area contributed by atoms with Gasteiger partial charge in [0.2, 0.25) is 5.91 Å². The van der Waals surface area contributed by atoms with E-state index in [4.69, 9.17) is 0 Å². The van der Waals surface area contributed by atoms with E-state index >= 15 is 0 Å². The van der Waals surface area contributed by atoms with Gasteiger partial charge in [-0.3, -0.25) is 9.78 Å². The molecule has 0 aliphatic carbocycles. The van der Waals surface area contributed by atoms with E-state index in [0.717, 1.165) is 16.5 Å². The Morgan fingerprint density at radius 3 is 2.15 bits per heavy atom. The lowest BCUT2D eigenvalue weighted by atomic mass is 9.82. The van der Waals surface area contributed by atoms with Crippen LogP contribution in [0.25, 0.3) is 10.9 Å². The summed E-state index contributed by atoms with van der Waals surface area (Å²) < 4.78 is 26.9. The van der Waals surface area contributed by atoms with E-state index in [-0.39, 0.29) is 4.90 Å². The van der Waals surface area contributed by atoms with E-state index in [1.165, 1.54) is 0 Å². The van der Waals surface area contributed by atoms with Crippen molar-refractivity contribution in [1.82, 2.24) is 4.98 Å². The SMILES string of the molecule is Cc1ccc(NC(=O)C(C)(CS(=O)(=O)c2ccc(C)cc2)c2cccc3cccnc23)cc1. The molecule has 5 nitrogen and oxygen atoms in total. The molecule has 4 rings (SSSR count). The van der Waals surface area contributed by atoms with E-state index in [0.29, 0.717) is 16.8 Å². The first kappa shape index (κ1) is 22.7. The number of hydrogen-bond acceptors (Lipinski definition) is 4. The zero-order valence-electron chi connectivity index (χ0n) is 18.9. The molecule has 0 saturated heterocycles. The number of rotatable bonds is 6. The number of sulfone groups is 1. The first-order valence-corrected chi connectivity index (χ1v) is 12.4. The molecule has 1 atom stereocenters. The highest BCUT2D eigenvalue weighted by molar-refractivity contribution is 7.91. The molecule has 1 unspecified atom stereocenters. The molecule has 0 bridgehead atoms. The van der Waals surface area contributed by atoms with Crippen LogP contribution in [0.3, 0.4) is 0 Å². The van der Waals surface area contributed by atoms with Gasteiger partial charge in [0.25, 0.3) is 0 Å². The Balaban J connectivity index is 1.83. The first-order chi connectivity index (χ1) is 15.7. The van der Waals surface area contributed by atoms with Crippen molar-refractivity contribution in [3.8, 4) is 0 Å². The average molecular weight is 459 g/mol. The summed E-state index contributed by atoms with van der Waals surface area (Å²) >= 11 is 0. The lowest BCUT2D eigenvalue weighted by molar-refractivity contribution is -0.120. The summed E-state index contributed by atoms with van der Waals surface area (Å²) in [5.41, 5.74) is 2.44. The fourth-order valence-electron chi connectivity index (χ4n) is 3.93. The zero-order valence-corrected chi connectivity index (χ0v) is 19.7. The van der Waals surface area contributed by atoms with Crippen LogP contribution in [0.15, 0.2) is 90.0 Å². The maximum absolute atomic E-state index is 13.7. The third-order valence-electron chi connectivity index (χ3n) is 5.90.